The van der Waals surface area contributed by atoms with Crippen LogP contribution < -0.4 is 10.6 Å². The zero-order chi connectivity index (χ0) is 14.5. The number of hydrogen-bond donors (Lipinski definition) is 2. The lowest BCUT2D eigenvalue weighted by atomic mass is 10.1. The average Bonchev–Trinajstić information content (AvgIpc) is 2.66. The minimum Gasteiger partial charge on any atom is -0.348 e. The maximum Gasteiger partial charge on any atom is 0.300 e. The molecule has 0 aliphatic carbocycles. The van der Waals surface area contributed by atoms with Gasteiger partial charge < -0.3 is 10.6 Å². The Kier molecular flexibility index (Phi) is 4.86. The van der Waals surface area contributed by atoms with E-state index in [9.17, 15) is 14.9 Å². The number of nitrogens with one attached hydrogen (secondary N) is 2. The van der Waals surface area contributed by atoms with Crippen LogP contribution in [0, 0.1) is 10.1 Å². The van der Waals surface area contributed by atoms with Crippen LogP contribution in [0.1, 0.15) is 29.6 Å². The lowest BCUT2D eigenvalue weighted by molar-refractivity contribution is -0.385. The van der Waals surface area contributed by atoms with Gasteiger partial charge in [0.05, 0.1) is 4.92 Å². The first-order chi connectivity index (χ1) is 9.58. The maximum absolute atomic E-state index is 12.2. The quantitative estimate of drug-likeness (QED) is 0.501. The van der Waals surface area contributed by atoms with Gasteiger partial charge in [-0.1, -0.05) is 18.0 Å². The second-order valence-electron chi connectivity index (χ2n) is 4.65. The van der Waals surface area contributed by atoms with Crippen molar-refractivity contribution in [3.05, 3.63) is 33.1 Å². The third kappa shape index (κ3) is 3.64. The molecular formula is C12H15ClN4O3. The number of amides is 1. The van der Waals surface area contributed by atoms with Crippen LogP contribution in [0.25, 0.3) is 0 Å². The van der Waals surface area contributed by atoms with Gasteiger partial charge in [-0.15, -0.1) is 0 Å². The summed E-state index contributed by atoms with van der Waals surface area (Å²) < 4.78 is 0. The highest BCUT2D eigenvalue weighted by Crippen LogP contribution is 2.20. The summed E-state index contributed by atoms with van der Waals surface area (Å²) >= 11 is 5.71. The first-order valence-corrected chi connectivity index (χ1v) is 6.77. The lowest BCUT2D eigenvalue weighted by Gasteiger charge is -2.16. The molecule has 2 N–H and O–H groups in total. The summed E-state index contributed by atoms with van der Waals surface area (Å²) in [6.07, 6.45) is 3.93. The van der Waals surface area contributed by atoms with Crippen molar-refractivity contribution in [3.8, 4) is 0 Å². The Morgan fingerprint density at radius 2 is 2.35 bits per heavy atom. The van der Waals surface area contributed by atoms with Crippen molar-refractivity contribution >= 4 is 23.2 Å². The molecule has 1 aliphatic rings. The van der Waals surface area contributed by atoms with Crippen molar-refractivity contribution in [2.24, 2.45) is 0 Å². The summed E-state index contributed by atoms with van der Waals surface area (Å²) in [5.41, 5.74) is -0.396. The summed E-state index contributed by atoms with van der Waals surface area (Å²) in [6.45, 7) is 1.59. The second kappa shape index (κ2) is 6.62. The smallest absolute Gasteiger partial charge is 0.300 e. The molecule has 20 heavy (non-hydrogen) atoms. The molecule has 108 valence electrons. The van der Waals surface area contributed by atoms with E-state index in [0.717, 1.165) is 32.0 Å². The number of carbonyl (C=O) groups excluding carboxylic acids is 1. The Morgan fingerprint density at radius 3 is 3.10 bits per heavy atom. The highest BCUT2D eigenvalue weighted by atomic mass is 35.5. The standard InChI is InChI=1S/C12H15ClN4O3/c13-11-5-9(10(7-15-11)17(19)20)12(18)16-8-3-1-2-4-14-6-8/h5,7-8,14H,1-4,6H2,(H,16,18). The Hall–Kier alpha value is -1.73. The van der Waals surface area contributed by atoms with Gasteiger partial charge in [0.2, 0.25) is 0 Å². The predicted molar refractivity (Wildman–Crippen MR) is 73.9 cm³/mol. The fourth-order valence-corrected chi connectivity index (χ4v) is 2.31. The topological polar surface area (TPSA) is 97.2 Å². The molecule has 1 amide bonds. The normalized spacial score (nSPS) is 19.1. The van der Waals surface area contributed by atoms with Gasteiger partial charge in [-0.05, 0) is 25.5 Å². The van der Waals surface area contributed by atoms with Crippen LogP contribution in [0.2, 0.25) is 5.15 Å². The molecule has 0 radical (unpaired) electrons. The first kappa shape index (κ1) is 14.7. The van der Waals surface area contributed by atoms with E-state index in [0.29, 0.717) is 6.54 Å². The van der Waals surface area contributed by atoms with Gasteiger partial charge in [0.25, 0.3) is 11.6 Å². The van der Waals surface area contributed by atoms with Crippen LogP contribution in [-0.2, 0) is 0 Å². The molecule has 0 saturated carbocycles. The summed E-state index contributed by atoms with van der Waals surface area (Å²) in [6, 6.07) is 1.19. The molecule has 1 aromatic rings. The molecule has 1 atom stereocenters. The molecule has 1 aromatic heterocycles. The third-order valence-electron chi connectivity index (χ3n) is 3.17. The fraction of sp³-hybridized carbons (Fsp3) is 0.500. The third-order valence-corrected chi connectivity index (χ3v) is 3.38. The van der Waals surface area contributed by atoms with Crippen LogP contribution in [0.4, 0.5) is 5.69 Å². The maximum atomic E-state index is 12.2. The Bertz CT molecular complexity index is 515. The summed E-state index contributed by atoms with van der Waals surface area (Å²) in [7, 11) is 0. The summed E-state index contributed by atoms with van der Waals surface area (Å²) in [5, 5.41) is 17.0. The zero-order valence-electron chi connectivity index (χ0n) is 10.8. The van der Waals surface area contributed by atoms with Gasteiger partial charge in [-0.25, -0.2) is 4.98 Å². The van der Waals surface area contributed by atoms with Crippen molar-refractivity contribution in [3.63, 3.8) is 0 Å². The lowest BCUT2D eigenvalue weighted by Crippen LogP contribution is -2.41. The number of pyridine rings is 1. The SMILES string of the molecule is O=C(NC1CCCCNC1)c1cc(Cl)ncc1[N+](=O)[O-]. The Balaban J connectivity index is 2.15. The van der Waals surface area contributed by atoms with Crippen LogP contribution in [0.3, 0.4) is 0 Å². The highest BCUT2D eigenvalue weighted by Gasteiger charge is 2.23. The predicted octanol–water partition coefficient (Wildman–Crippen LogP) is 1.52. The zero-order valence-corrected chi connectivity index (χ0v) is 11.5. The number of nitro groups is 1. The van der Waals surface area contributed by atoms with E-state index in [1.807, 2.05) is 0 Å². The minimum atomic E-state index is -0.635. The number of nitrogens with zero attached hydrogens (tertiary/aromatic N) is 2. The van der Waals surface area contributed by atoms with E-state index in [1.165, 1.54) is 6.07 Å². The van der Waals surface area contributed by atoms with E-state index in [-0.39, 0.29) is 22.4 Å². The van der Waals surface area contributed by atoms with Gasteiger partial charge in [0.1, 0.15) is 16.9 Å². The number of rotatable bonds is 3. The van der Waals surface area contributed by atoms with E-state index in [4.69, 9.17) is 11.6 Å². The molecule has 2 rings (SSSR count). The first-order valence-electron chi connectivity index (χ1n) is 6.39. The molecule has 1 aliphatic heterocycles. The van der Waals surface area contributed by atoms with E-state index in [2.05, 4.69) is 15.6 Å². The van der Waals surface area contributed by atoms with Gasteiger partial charge in [0.15, 0.2) is 0 Å². The van der Waals surface area contributed by atoms with Crippen molar-refractivity contribution in [1.29, 1.82) is 0 Å². The molecule has 1 unspecified atom stereocenters. The van der Waals surface area contributed by atoms with E-state index in [1.54, 1.807) is 0 Å². The van der Waals surface area contributed by atoms with E-state index < -0.39 is 10.8 Å². The Morgan fingerprint density at radius 1 is 1.55 bits per heavy atom. The monoisotopic (exact) mass is 298 g/mol. The van der Waals surface area contributed by atoms with Crippen molar-refractivity contribution in [2.75, 3.05) is 13.1 Å². The Labute approximate surface area is 120 Å². The molecular weight excluding hydrogens is 284 g/mol. The molecule has 7 nitrogen and oxygen atoms in total. The van der Waals surface area contributed by atoms with Crippen molar-refractivity contribution in [2.45, 2.75) is 25.3 Å². The van der Waals surface area contributed by atoms with Crippen LogP contribution in [0.5, 0.6) is 0 Å². The number of aromatic nitrogens is 1. The molecule has 0 spiro atoms. The molecule has 2 heterocycles. The second-order valence-corrected chi connectivity index (χ2v) is 5.04. The summed E-state index contributed by atoms with van der Waals surface area (Å²) in [4.78, 5) is 26.1. The molecule has 8 heteroatoms. The molecule has 1 fully saturated rings. The highest BCUT2D eigenvalue weighted by molar-refractivity contribution is 6.29. The van der Waals surface area contributed by atoms with Crippen molar-refractivity contribution < 1.29 is 9.72 Å². The van der Waals surface area contributed by atoms with Gasteiger partial charge in [-0.3, -0.25) is 14.9 Å². The van der Waals surface area contributed by atoms with Gasteiger partial charge in [-0.2, -0.15) is 0 Å². The number of carbonyl (C=O) groups is 1. The van der Waals surface area contributed by atoms with Crippen LogP contribution >= 0.6 is 11.6 Å². The van der Waals surface area contributed by atoms with E-state index >= 15 is 0 Å². The van der Waals surface area contributed by atoms with Crippen molar-refractivity contribution in [1.82, 2.24) is 15.6 Å². The molecule has 0 bridgehead atoms. The largest absolute Gasteiger partial charge is 0.348 e. The summed E-state index contributed by atoms with van der Waals surface area (Å²) in [5.74, 6) is -0.491. The number of hydrogen-bond acceptors (Lipinski definition) is 5. The fourth-order valence-electron chi connectivity index (χ4n) is 2.16. The van der Waals surface area contributed by atoms with Gasteiger partial charge >= 0.3 is 0 Å². The average molecular weight is 299 g/mol. The number of halogens is 1. The van der Waals surface area contributed by atoms with Gasteiger partial charge in [0, 0.05) is 12.6 Å². The molecule has 0 aromatic carbocycles. The van der Waals surface area contributed by atoms with Crippen LogP contribution in [-0.4, -0.2) is 34.9 Å². The molecule has 1 saturated heterocycles. The minimum absolute atomic E-state index is 0.0310. The van der Waals surface area contributed by atoms with Crippen LogP contribution in [0.15, 0.2) is 12.3 Å².